The molecule has 0 N–H and O–H groups in total. The smallest absolute Gasteiger partial charge is 0.0991 e. The predicted molar refractivity (Wildman–Crippen MR) is 112 cm³/mol. The molecule has 0 amide bonds. The zero-order valence-corrected chi connectivity index (χ0v) is 16.8. The average Bonchev–Trinajstić information content (AvgIpc) is 2.69. The lowest BCUT2D eigenvalue weighted by atomic mass is 9.79. The van der Waals surface area contributed by atoms with Crippen LogP contribution in [0.25, 0.3) is 0 Å². The largest absolute Gasteiger partial charge is 0.192 e. The molecule has 1 nitrogen and oxygen atoms in total. The first-order valence-electron chi connectivity index (χ1n) is 11.0. The highest BCUT2D eigenvalue weighted by Gasteiger charge is 2.18. The third-order valence-electron chi connectivity index (χ3n) is 5.95. The molecule has 0 aliphatic heterocycles. The van der Waals surface area contributed by atoms with E-state index in [2.05, 4.69) is 37.3 Å². The Bertz CT molecular complexity index is 541. The highest BCUT2D eigenvalue weighted by Crippen LogP contribution is 2.32. The standard InChI is InChI=1S/C25H37N/c1-2-3-4-5-6-7-10-22-13-15-23(16-14-22)11-8-9-12-24-17-19-25(21-26)20-18-24/h8,11,17-20,22-23H,2-7,9-10,12-16H2,1H3/b11-8+. The molecule has 0 radical (unpaired) electrons. The van der Waals surface area contributed by atoms with Crippen molar-refractivity contribution < 1.29 is 0 Å². The Balaban J connectivity index is 1.53. The number of nitrogens with zero attached hydrogens (tertiary/aromatic N) is 1. The van der Waals surface area contributed by atoms with Crippen LogP contribution in [0.15, 0.2) is 36.4 Å². The summed E-state index contributed by atoms with van der Waals surface area (Å²) in [5.41, 5.74) is 2.08. The predicted octanol–water partition coefficient (Wildman–Crippen LogP) is 7.60. The molecule has 142 valence electrons. The number of rotatable bonds is 11. The second-order valence-corrected chi connectivity index (χ2v) is 8.11. The van der Waals surface area contributed by atoms with E-state index in [0.717, 1.165) is 30.2 Å². The van der Waals surface area contributed by atoms with E-state index in [0.29, 0.717) is 0 Å². The second-order valence-electron chi connectivity index (χ2n) is 8.11. The van der Waals surface area contributed by atoms with Gasteiger partial charge in [-0.05, 0) is 68.1 Å². The molecule has 2 rings (SSSR count). The van der Waals surface area contributed by atoms with Crippen LogP contribution in [0.1, 0.15) is 95.1 Å². The number of unbranched alkanes of at least 4 members (excludes halogenated alkanes) is 5. The van der Waals surface area contributed by atoms with E-state index in [-0.39, 0.29) is 0 Å². The SMILES string of the molecule is CCCCCCCCC1CCC(/C=C/CCc2ccc(C#N)cc2)CC1. The van der Waals surface area contributed by atoms with E-state index in [1.165, 1.54) is 76.2 Å². The number of benzene rings is 1. The molecule has 1 fully saturated rings. The summed E-state index contributed by atoms with van der Waals surface area (Å²) < 4.78 is 0. The quantitative estimate of drug-likeness (QED) is 0.297. The van der Waals surface area contributed by atoms with Gasteiger partial charge in [0.25, 0.3) is 0 Å². The van der Waals surface area contributed by atoms with Crippen LogP contribution in [0, 0.1) is 23.2 Å². The Kier molecular flexibility index (Phi) is 10.2. The van der Waals surface area contributed by atoms with Gasteiger partial charge in [0.2, 0.25) is 0 Å². The van der Waals surface area contributed by atoms with Crippen LogP contribution in [-0.2, 0) is 6.42 Å². The number of nitriles is 1. The lowest BCUT2D eigenvalue weighted by molar-refractivity contribution is 0.288. The van der Waals surface area contributed by atoms with Gasteiger partial charge in [-0.25, -0.2) is 0 Å². The topological polar surface area (TPSA) is 23.8 Å². The highest BCUT2D eigenvalue weighted by atomic mass is 14.2. The van der Waals surface area contributed by atoms with Crippen molar-refractivity contribution >= 4 is 0 Å². The van der Waals surface area contributed by atoms with Crippen molar-refractivity contribution in [2.24, 2.45) is 11.8 Å². The van der Waals surface area contributed by atoms with Crippen LogP contribution < -0.4 is 0 Å². The summed E-state index contributed by atoms with van der Waals surface area (Å²) >= 11 is 0. The van der Waals surface area contributed by atoms with Crippen LogP contribution >= 0.6 is 0 Å². The summed E-state index contributed by atoms with van der Waals surface area (Å²) in [5.74, 6) is 1.82. The summed E-state index contributed by atoms with van der Waals surface area (Å²) in [5, 5.41) is 8.84. The lowest BCUT2D eigenvalue weighted by Gasteiger charge is -2.26. The fourth-order valence-corrected chi connectivity index (χ4v) is 4.17. The first kappa shape index (κ1) is 20.8. The van der Waals surface area contributed by atoms with Gasteiger partial charge in [-0.15, -0.1) is 0 Å². The average molecular weight is 352 g/mol. The van der Waals surface area contributed by atoms with Crippen LogP contribution in [0.4, 0.5) is 0 Å². The summed E-state index contributed by atoms with van der Waals surface area (Å²) in [4.78, 5) is 0. The first-order chi connectivity index (χ1) is 12.8. The Morgan fingerprint density at radius 1 is 0.962 bits per heavy atom. The van der Waals surface area contributed by atoms with Gasteiger partial charge in [0.15, 0.2) is 0 Å². The van der Waals surface area contributed by atoms with Gasteiger partial charge in [-0.3, -0.25) is 0 Å². The molecule has 0 saturated heterocycles. The third kappa shape index (κ3) is 8.22. The minimum absolute atomic E-state index is 0.752. The molecule has 1 aliphatic carbocycles. The third-order valence-corrected chi connectivity index (χ3v) is 5.95. The molecule has 0 heterocycles. The summed E-state index contributed by atoms with van der Waals surface area (Å²) in [6.45, 7) is 2.29. The zero-order valence-electron chi connectivity index (χ0n) is 16.8. The Morgan fingerprint density at radius 3 is 2.35 bits per heavy atom. The Labute approximate surface area is 161 Å². The van der Waals surface area contributed by atoms with E-state index in [9.17, 15) is 0 Å². The summed E-state index contributed by atoms with van der Waals surface area (Å²) in [6.07, 6.45) is 22.8. The molecule has 1 aromatic carbocycles. The van der Waals surface area contributed by atoms with Crippen molar-refractivity contribution in [3.05, 3.63) is 47.5 Å². The minimum Gasteiger partial charge on any atom is -0.192 e. The van der Waals surface area contributed by atoms with Gasteiger partial charge in [0, 0.05) is 0 Å². The van der Waals surface area contributed by atoms with Gasteiger partial charge in [-0.1, -0.05) is 76.2 Å². The molecule has 0 unspecified atom stereocenters. The monoisotopic (exact) mass is 351 g/mol. The molecule has 1 aliphatic rings. The number of hydrogen-bond acceptors (Lipinski definition) is 1. The van der Waals surface area contributed by atoms with E-state index in [1.54, 1.807) is 0 Å². The van der Waals surface area contributed by atoms with Crippen LogP contribution in [0.3, 0.4) is 0 Å². The van der Waals surface area contributed by atoms with Crippen LogP contribution in [-0.4, -0.2) is 0 Å². The molecule has 1 heteroatoms. The maximum Gasteiger partial charge on any atom is 0.0991 e. The summed E-state index contributed by atoms with van der Waals surface area (Å²) in [6, 6.07) is 10.2. The van der Waals surface area contributed by atoms with E-state index < -0.39 is 0 Å². The van der Waals surface area contributed by atoms with Crippen molar-refractivity contribution in [1.29, 1.82) is 5.26 Å². The molecule has 1 saturated carbocycles. The van der Waals surface area contributed by atoms with Crippen LogP contribution in [0.2, 0.25) is 0 Å². The van der Waals surface area contributed by atoms with Crippen molar-refractivity contribution in [3.63, 3.8) is 0 Å². The molecule has 0 atom stereocenters. The number of allylic oxidation sites excluding steroid dienone is 2. The normalized spacial score (nSPS) is 20.3. The summed E-state index contributed by atoms with van der Waals surface area (Å²) in [7, 11) is 0. The molecule has 0 spiro atoms. The maximum atomic E-state index is 8.84. The Morgan fingerprint density at radius 2 is 1.65 bits per heavy atom. The highest BCUT2D eigenvalue weighted by molar-refractivity contribution is 5.31. The van der Waals surface area contributed by atoms with Gasteiger partial charge < -0.3 is 0 Å². The molecular formula is C25H37N. The van der Waals surface area contributed by atoms with E-state index >= 15 is 0 Å². The van der Waals surface area contributed by atoms with Gasteiger partial charge in [0.1, 0.15) is 0 Å². The lowest BCUT2D eigenvalue weighted by Crippen LogP contribution is -2.13. The van der Waals surface area contributed by atoms with Crippen molar-refractivity contribution in [2.75, 3.05) is 0 Å². The molecular weight excluding hydrogens is 314 g/mol. The van der Waals surface area contributed by atoms with E-state index in [1.807, 2.05) is 12.1 Å². The van der Waals surface area contributed by atoms with Crippen LogP contribution in [0.5, 0.6) is 0 Å². The van der Waals surface area contributed by atoms with Gasteiger partial charge in [-0.2, -0.15) is 5.26 Å². The molecule has 1 aromatic rings. The first-order valence-corrected chi connectivity index (χ1v) is 11.0. The number of hydrogen-bond donors (Lipinski definition) is 0. The van der Waals surface area contributed by atoms with Gasteiger partial charge in [0.05, 0.1) is 11.6 Å². The van der Waals surface area contributed by atoms with Crippen molar-refractivity contribution in [1.82, 2.24) is 0 Å². The van der Waals surface area contributed by atoms with E-state index in [4.69, 9.17) is 5.26 Å². The fourth-order valence-electron chi connectivity index (χ4n) is 4.17. The second kappa shape index (κ2) is 12.7. The molecule has 26 heavy (non-hydrogen) atoms. The molecule has 0 aromatic heterocycles. The number of aryl methyl sites for hydroxylation is 1. The zero-order chi connectivity index (χ0) is 18.5. The van der Waals surface area contributed by atoms with Crippen molar-refractivity contribution in [2.45, 2.75) is 90.4 Å². The van der Waals surface area contributed by atoms with Crippen molar-refractivity contribution in [3.8, 4) is 6.07 Å². The Hall–Kier alpha value is -1.55. The fraction of sp³-hybridized carbons (Fsp3) is 0.640. The minimum atomic E-state index is 0.752. The molecule has 0 bridgehead atoms. The maximum absolute atomic E-state index is 8.84. The van der Waals surface area contributed by atoms with Gasteiger partial charge >= 0.3 is 0 Å².